The van der Waals surface area contributed by atoms with Crippen LogP contribution in [0.4, 0.5) is 14.6 Å². The van der Waals surface area contributed by atoms with Crippen molar-refractivity contribution in [2.75, 3.05) is 5.43 Å². The molecule has 0 unspecified atom stereocenters. The van der Waals surface area contributed by atoms with E-state index in [0.29, 0.717) is 0 Å². The molecule has 0 bridgehead atoms. The molecule has 0 aromatic carbocycles. The zero-order valence-electron chi connectivity index (χ0n) is 13.1. The predicted octanol–water partition coefficient (Wildman–Crippen LogP) is 1.61. The average molecular weight is 338 g/mol. The van der Waals surface area contributed by atoms with E-state index >= 15 is 0 Å². The zero-order chi connectivity index (χ0) is 18.0. The number of hydrazine groups is 1. The van der Waals surface area contributed by atoms with E-state index in [0.717, 1.165) is 5.01 Å². The summed E-state index contributed by atoms with van der Waals surface area (Å²) in [7, 11) is 0. The van der Waals surface area contributed by atoms with Crippen molar-refractivity contribution in [2.24, 2.45) is 5.73 Å². The monoisotopic (exact) mass is 338 g/mol. The topological polar surface area (TPSA) is 105 Å². The number of aromatic nitrogens is 1. The summed E-state index contributed by atoms with van der Waals surface area (Å²) in [6.07, 6.45) is -2.66. The Balaban J connectivity index is 2.17. The summed E-state index contributed by atoms with van der Waals surface area (Å²) in [6, 6.07) is 2.43. The van der Waals surface area contributed by atoms with Gasteiger partial charge in [-0.15, -0.1) is 0 Å². The molecule has 0 aliphatic carbocycles. The van der Waals surface area contributed by atoms with E-state index in [2.05, 4.69) is 10.4 Å². The minimum atomic E-state index is -2.66. The molecule has 0 radical (unpaired) electrons. The molecule has 1 aromatic heterocycles. The van der Waals surface area contributed by atoms with Crippen molar-refractivity contribution in [3.8, 4) is 0 Å². The van der Waals surface area contributed by atoms with Gasteiger partial charge in [-0.3, -0.25) is 19.8 Å². The summed E-state index contributed by atoms with van der Waals surface area (Å²) < 4.78 is 25.4. The first-order chi connectivity index (χ1) is 11.2. The van der Waals surface area contributed by atoms with Gasteiger partial charge in [0.25, 0.3) is 18.2 Å². The number of nitrogens with two attached hydrogens (primary N) is 1. The van der Waals surface area contributed by atoms with Crippen molar-refractivity contribution in [2.45, 2.75) is 33.1 Å². The molecule has 0 saturated heterocycles. The van der Waals surface area contributed by atoms with Crippen molar-refractivity contribution < 1.29 is 23.2 Å². The molecule has 2 rings (SSSR count). The molecule has 128 valence electrons. The van der Waals surface area contributed by atoms with Crippen LogP contribution in [0.1, 0.15) is 37.4 Å². The summed E-state index contributed by atoms with van der Waals surface area (Å²) in [5.41, 5.74) is 7.82. The quantitative estimate of drug-likeness (QED) is 0.767. The van der Waals surface area contributed by atoms with Crippen molar-refractivity contribution in [3.63, 3.8) is 0 Å². The average Bonchev–Trinajstić information content (AvgIpc) is 2.69. The van der Waals surface area contributed by atoms with Crippen LogP contribution < -0.4 is 11.2 Å². The molecule has 1 aromatic rings. The van der Waals surface area contributed by atoms with Crippen LogP contribution in [0.25, 0.3) is 0 Å². The Morgan fingerprint density at radius 2 is 1.96 bits per heavy atom. The molecule has 1 aliphatic heterocycles. The van der Waals surface area contributed by atoms with E-state index in [1.54, 1.807) is 0 Å². The number of carbonyl (C=O) groups is 3. The smallest absolute Gasteiger partial charge is 0.276 e. The van der Waals surface area contributed by atoms with E-state index in [9.17, 15) is 23.2 Å². The van der Waals surface area contributed by atoms with Gasteiger partial charge in [0.2, 0.25) is 5.91 Å². The largest absolute Gasteiger partial charge is 0.370 e. The number of carbonyl (C=O) groups excluding carboxylic acids is 3. The van der Waals surface area contributed by atoms with Crippen LogP contribution in [0.3, 0.4) is 0 Å². The maximum absolute atomic E-state index is 12.7. The van der Waals surface area contributed by atoms with Gasteiger partial charge in [0.05, 0.1) is 0 Å². The van der Waals surface area contributed by atoms with Gasteiger partial charge in [0.15, 0.2) is 0 Å². The third-order valence-electron chi connectivity index (χ3n) is 3.65. The summed E-state index contributed by atoms with van der Waals surface area (Å²) in [5.74, 6) is -1.70. The maximum atomic E-state index is 12.7. The number of imide groups is 1. The molecule has 24 heavy (non-hydrogen) atoms. The van der Waals surface area contributed by atoms with Gasteiger partial charge in [-0.1, -0.05) is 0 Å². The molecular weight excluding hydrogens is 322 g/mol. The molecule has 0 saturated carbocycles. The number of halogens is 2. The molecule has 0 atom stereocenters. The van der Waals surface area contributed by atoms with Crippen LogP contribution >= 0.6 is 0 Å². The number of alkyl halides is 2. The minimum Gasteiger partial charge on any atom is -0.370 e. The Kier molecular flexibility index (Phi) is 4.91. The number of pyridine rings is 1. The highest BCUT2D eigenvalue weighted by Gasteiger charge is 2.36. The fourth-order valence-corrected chi connectivity index (χ4v) is 2.31. The molecule has 7 nitrogen and oxygen atoms in total. The van der Waals surface area contributed by atoms with Gasteiger partial charge in [-0.25, -0.2) is 13.8 Å². The van der Waals surface area contributed by atoms with Crippen LogP contribution in [0.5, 0.6) is 0 Å². The maximum Gasteiger partial charge on any atom is 0.276 e. The highest BCUT2D eigenvalue weighted by atomic mass is 19.3. The van der Waals surface area contributed by atoms with Gasteiger partial charge in [0, 0.05) is 28.8 Å². The number of nitrogens with zero attached hydrogens (tertiary/aromatic N) is 2. The van der Waals surface area contributed by atoms with Gasteiger partial charge in [0.1, 0.15) is 5.82 Å². The summed E-state index contributed by atoms with van der Waals surface area (Å²) in [6.45, 7) is 2.87. The standard InChI is InChI=1S/C15H16F2N4O3/c1-7-9(3-5-11(18)22)15(24)21(14(7)23)20-12-6-4-10(13(16)17)8(2)19-12/h4,6,13H,3,5H2,1-2H3,(H2,18,22)(H,19,20). The van der Waals surface area contributed by atoms with E-state index in [-0.39, 0.29) is 41.1 Å². The number of rotatable bonds is 6. The van der Waals surface area contributed by atoms with Gasteiger partial charge >= 0.3 is 0 Å². The summed E-state index contributed by atoms with van der Waals surface area (Å²) in [5, 5.41) is 0.746. The van der Waals surface area contributed by atoms with Crippen LogP contribution in [-0.2, 0) is 14.4 Å². The number of hydrogen-bond acceptors (Lipinski definition) is 5. The fraction of sp³-hybridized carbons (Fsp3) is 0.333. The number of aryl methyl sites for hydroxylation is 1. The lowest BCUT2D eigenvalue weighted by Gasteiger charge is -2.17. The second kappa shape index (κ2) is 6.73. The first-order valence-electron chi connectivity index (χ1n) is 7.11. The number of nitrogens with one attached hydrogen (secondary N) is 1. The molecular formula is C15H16F2N4O3. The number of hydrogen-bond donors (Lipinski definition) is 2. The van der Waals surface area contributed by atoms with E-state index in [1.165, 1.54) is 26.0 Å². The Hall–Kier alpha value is -2.84. The Morgan fingerprint density at radius 3 is 2.50 bits per heavy atom. The Morgan fingerprint density at radius 1 is 1.29 bits per heavy atom. The van der Waals surface area contributed by atoms with Crippen LogP contribution in [0, 0.1) is 6.92 Å². The van der Waals surface area contributed by atoms with Crippen LogP contribution in [0.15, 0.2) is 23.3 Å². The first-order valence-corrected chi connectivity index (χ1v) is 7.11. The number of amides is 3. The summed E-state index contributed by atoms with van der Waals surface area (Å²) in [4.78, 5) is 39.2. The predicted molar refractivity (Wildman–Crippen MR) is 80.5 cm³/mol. The lowest BCUT2D eigenvalue weighted by molar-refractivity contribution is -0.136. The van der Waals surface area contributed by atoms with Crippen molar-refractivity contribution in [3.05, 3.63) is 34.5 Å². The molecule has 3 amide bonds. The van der Waals surface area contributed by atoms with Crippen molar-refractivity contribution in [1.29, 1.82) is 0 Å². The molecule has 2 heterocycles. The first kappa shape index (κ1) is 17.5. The second-order valence-electron chi connectivity index (χ2n) is 5.30. The Bertz CT molecular complexity index is 746. The van der Waals surface area contributed by atoms with Crippen molar-refractivity contribution in [1.82, 2.24) is 9.99 Å². The normalized spacial score (nSPS) is 14.8. The number of anilines is 1. The third kappa shape index (κ3) is 3.39. The molecule has 0 spiro atoms. The van der Waals surface area contributed by atoms with E-state index < -0.39 is 24.1 Å². The second-order valence-corrected chi connectivity index (χ2v) is 5.30. The fourth-order valence-electron chi connectivity index (χ4n) is 2.31. The Labute approximate surface area is 136 Å². The molecule has 1 aliphatic rings. The lowest BCUT2D eigenvalue weighted by Crippen LogP contribution is -2.37. The van der Waals surface area contributed by atoms with Crippen molar-refractivity contribution >= 4 is 23.5 Å². The van der Waals surface area contributed by atoms with Crippen LogP contribution in [0.2, 0.25) is 0 Å². The van der Waals surface area contributed by atoms with E-state index in [4.69, 9.17) is 5.73 Å². The zero-order valence-corrected chi connectivity index (χ0v) is 13.1. The highest BCUT2D eigenvalue weighted by Crippen LogP contribution is 2.26. The summed E-state index contributed by atoms with van der Waals surface area (Å²) >= 11 is 0. The molecule has 0 fully saturated rings. The number of primary amides is 1. The van der Waals surface area contributed by atoms with Gasteiger partial charge in [-0.05, 0) is 32.4 Å². The lowest BCUT2D eigenvalue weighted by atomic mass is 10.1. The molecule has 9 heteroatoms. The highest BCUT2D eigenvalue weighted by molar-refractivity contribution is 6.19. The SMILES string of the molecule is CC1=C(CCC(N)=O)C(=O)N(Nc2ccc(C(F)F)c(C)n2)C1=O. The van der Waals surface area contributed by atoms with Gasteiger partial charge in [-0.2, -0.15) is 5.01 Å². The van der Waals surface area contributed by atoms with Crippen LogP contribution in [-0.4, -0.2) is 27.7 Å². The molecule has 3 N–H and O–H groups in total. The van der Waals surface area contributed by atoms with E-state index in [1.807, 2.05) is 0 Å². The minimum absolute atomic E-state index is 0.0556. The third-order valence-corrected chi connectivity index (χ3v) is 3.65. The van der Waals surface area contributed by atoms with Gasteiger partial charge < -0.3 is 5.73 Å².